The zero-order valence-corrected chi connectivity index (χ0v) is 18.0. The third kappa shape index (κ3) is 7.62. The normalized spacial score (nSPS) is 21.9. The Morgan fingerprint density at radius 3 is 2.59 bits per heavy atom. The summed E-state index contributed by atoms with van der Waals surface area (Å²) in [6, 6.07) is 8.82. The van der Waals surface area contributed by atoms with Crippen molar-refractivity contribution in [3.63, 3.8) is 0 Å². The van der Waals surface area contributed by atoms with Crippen molar-refractivity contribution in [3.05, 3.63) is 35.4 Å². The molecular formula is C21H35N3O2S. The van der Waals surface area contributed by atoms with E-state index in [2.05, 4.69) is 39.9 Å². The first-order chi connectivity index (χ1) is 13.0. The zero-order chi connectivity index (χ0) is 19.6. The summed E-state index contributed by atoms with van der Waals surface area (Å²) in [7, 11) is 1.10. The molecule has 1 aromatic rings. The molecule has 1 fully saturated rings. The summed E-state index contributed by atoms with van der Waals surface area (Å²) in [6.07, 6.45) is 4.53. The molecule has 2 N–H and O–H groups in total. The third-order valence-electron chi connectivity index (χ3n) is 4.91. The van der Waals surface area contributed by atoms with Crippen molar-refractivity contribution in [2.45, 2.75) is 77.0 Å². The van der Waals surface area contributed by atoms with E-state index in [0.717, 1.165) is 43.9 Å². The average molecular weight is 394 g/mol. The largest absolute Gasteiger partial charge is 0.374 e. The van der Waals surface area contributed by atoms with Gasteiger partial charge in [0.15, 0.2) is 5.96 Å². The Bertz CT molecular complexity index is 616. The predicted molar refractivity (Wildman–Crippen MR) is 114 cm³/mol. The minimum absolute atomic E-state index is 0.245. The topological polar surface area (TPSA) is 62.7 Å². The maximum atomic E-state index is 12.1. The van der Waals surface area contributed by atoms with Crippen LogP contribution in [0, 0.1) is 0 Å². The van der Waals surface area contributed by atoms with Crippen LogP contribution in [0.25, 0.3) is 0 Å². The molecule has 1 aliphatic carbocycles. The number of guanidine groups is 1. The fraction of sp³-hybridized carbons (Fsp3) is 0.667. The number of nitrogens with one attached hydrogen (secondary N) is 2. The summed E-state index contributed by atoms with van der Waals surface area (Å²) in [5.41, 5.74) is 2.40. The molecule has 27 heavy (non-hydrogen) atoms. The van der Waals surface area contributed by atoms with Crippen LogP contribution < -0.4 is 10.6 Å². The third-order valence-corrected chi connectivity index (χ3v) is 6.65. The summed E-state index contributed by atoms with van der Waals surface area (Å²) in [5, 5.41) is 7.23. The number of benzene rings is 1. The quantitative estimate of drug-likeness (QED) is 0.525. The fourth-order valence-corrected chi connectivity index (χ4v) is 4.69. The minimum atomic E-state index is -0.702. The van der Waals surface area contributed by atoms with Crippen molar-refractivity contribution in [1.29, 1.82) is 0 Å². The smallest absolute Gasteiger partial charge is 0.191 e. The van der Waals surface area contributed by atoms with E-state index in [-0.39, 0.29) is 6.10 Å². The van der Waals surface area contributed by atoms with E-state index in [1.807, 2.05) is 20.8 Å². The highest BCUT2D eigenvalue weighted by Crippen LogP contribution is 2.23. The van der Waals surface area contributed by atoms with Gasteiger partial charge in [-0.05, 0) is 44.2 Å². The Morgan fingerprint density at radius 1 is 1.26 bits per heavy atom. The lowest BCUT2D eigenvalue weighted by molar-refractivity contribution is 0.0657. The fourth-order valence-electron chi connectivity index (χ4n) is 3.34. The molecule has 1 aromatic carbocycles. The zero-order valence-electron chi connectivity index (χ0n) is 17.2. The molecule has 0 amide bonds. The van der Waals surface area contributed by atoms with Gasteiger partial charge in [-0.2, -0.15) is 0 Å². The molecule has 0 spiro atoms. The van der Waals surface area contributed by atoms with Gasteiger partial charge in [0.05, 0.1) is 12.7 Å². The van der Waals surface area contributed by atoms with Crippen LogP contribution in [0.4, 0.5) is 0 Å². The molecule has 5 nitrogen and oxygen atoms in total. The lowest BCUT2D eigenvalue weighted by Crippen LogP contribution is -2.46. The van der Waals surface area contributed by atoms with E-state index in [1.54, 1.807) is 7.05 Å². The maximum absolute atomic E-state index is 12.1. The van der Waals surface area contributed by atoms with Gasteiger partial charge in [0.1, 0.15) is 0 Å². The highest BCUT2D eigenvalue weighted by Gasteiger charge is 2.25. The van der Waals surface area contributed by atoms with Gasteiger partial charge >= 0.3 is 0 Å². The summed E-state index contributed by atoms with van der Waals surface area (Å²) in [5.74, 6) is 1.57. The Hall–Kier alpha value is -1.40. The molecular weight excluding hydrogens is 358 g/mol. The predicted octanol–water partition coefficient (Wildman–Crippen LogP) is 3.36. The number of hydrogen-bond donors (Lipinski definition) is 2. The lowest BCUT2D eigenvalue weighted by atomic mass is 9.95. The molecule has 0 radical (unpaired) electrons. The number of aliphatic imine (C=N–C) groups is 1. The molecule has 1 aliphatic rings. The second-order valence-electron chi connectivity index (χ2n) is 7.40. The van der Waals surface area contributed by atoms with Crippen molar-refractivity contribution in [2.24, 2.45) is 4.99 Å². The second kappa shape index (κ2) is 11.4. The van der Waals surface area contributed by atoms with Crippen LogP contribution in [0.5, 0.6) is 0 Å². The van der Waals surface area contributed by atoms with Crippen LogP contribution in [-0.4, -0.2) is 40.4 Å². The van der Waals surface area contributed by atoms with E-state index in [1.165, 1.54) is 11.1 Å². The standard InChI is InChI=1S/C21H35N3O2S/c1-5-27(25)20-8-6-7-19(13-20)24-21(22-4)23-14-17-9-11-18(12-10-17)15-26-16(2)3/h9-12,16,19-20H,5-8,13-15H2,1-4H3,(H2,22,23,24). The Labute approximate surface area is 166 Å². The molecule has 0 heterocycles. The van der Waals surface area contributed by atoms with Crippen LogP contribution in [-0.2, 0) is 28.7 Å². The number of hydrogen-bond acceptors (Lipinski definition) is 3. The van der Waals surface area contributed by atoms with E-state index in [4.69, 9.17) is 4.74 Å². The van der Waals surface area contributed by atoms with Crippen molar-refractivity contribution in [2.75, 3.05) is 12.8 Å². The van der Waals surface area contributed by atoms with E-state index in [0.29, 0.717) is 17.9 Å². The number of nitrogens with zero attached hydrogens (tertiary/aromatic N) is 1. The summed E-state index contributed by atoms with van der Waals surface area (Å²) in [4.78, 5) is 4.35. The first-order valence-corrected chi connectivity index (χ1v) is 11.4. The van der Waals surface area contributed by atoms with Crippen LogP contribution in [0.15, 0.2) is 29.3 Å². The molecule has 0 aliphatic heterocycles. The monoisotopic (exact) mass is 393 g/mol. The molecule has 0 aromatic heterocycles. The van der Waals surface area contributed by atoms with Gasteiger partial charge in [-0.15, -0.1) is 0 Å². The van der Waals surface area contributed by atoms with Gasteiger partial charge in [0, 0.05) is 41.4 Å². The Morgan fingerprint density at radius 2 is 1.96 bits per heavy atom. The molecule has 1 saturated carbocycles. The van der Waals surface area contributed by atoms with Crippen molar-refractivity contribution in [3.8, 4) is 0 Å². The van der Waals surface area contributed by atoms with Gasteiger partial charge in [0.25, 0.3) is 0 Å². The van der Waals surface area contributed by atoms with Gasteiger partial charge < -0.3 is 15.4 Å². The Kier molecular flexibility index (Phi) is 9.28. The minimum Gasteiger partial charge on any atom is -0.374 e. The van der Waals surface area contributed by atoms with Gasteiger partial charge in [0.2, 0.25) is 0 Å². The average Bonchev–Trinajstić information content (AvgIpc) is 2.69. The lowest BCUT2D eigenvalue weighted by Gasteiger charge is -2.30. The molecule has 0 bridgehead atoms. The van der Waals surface area contributed by atoms with Crippen LogP contribution in [0.1, 0.15) is 57.6 Å². The summed E-state index contributed by atoms with van der Waals surface area (Å²) < 4.78 is 17.8. The molecule has 3 unspecified atom stereocenters. The van der Waals surface area contributed by atoms with Gasteiger partial charge in [-0.1, -0.05) is 37.6 Å². The summed E-state index contributed by atoms with van der Waals surface area (Å²) >= 11 is 0. The van der Waals surface area contributed by atoms with Crippen molar-refractivity contribution in [1.82, 2.24) is 10.6 Å². The molecule has 152 valence electrons. The van der Waals surface area contributed by atoms with Gasteiger partial charge in [-0.25, -0.2) is 0 Å². The summed E-state index contributed by atoms with van der Waals surface area (Å²) in [6.45, 7) is 7.48. The van der Waals surface area contributed by atoms with Crippen LogP contribution in [0.3, 0.4) is 0 Å². The Balaban J connectivity index is 1.80. The molecule has 0 saturated heterocycles. The highest BCUT2D eigenvalue weighted by molar-refractivity contribution is 7.85. The van der Waals surface area contributed by atoms with Crippen LogP contribution >= 0.6 is 0 Å². The van der Waals surface area contributed by atoms with Crippen molar-refractivity contribution >= 4 is 16.8 Å². The number of ether oxygens (including phenoxy) is 1. The van der Waals surface area contributed by atoms with E-state index >= 15 is 0 Å². The van der Waals surface area contributed by atoms with E-state index in [9.17, 15) is 4.21 Å². The molecule has 3 atom stereocenters. The van der Waals surface area contributed by atoms with Gasteiger partial charge in [-0.3, -0.25) is 9.20 Å². The second-order valence-corrected chi connectivity index (χ2v) is 9.41. The van der Waals surface area contributed by atoms with E-state index < -0.39 is 10.8 Å². The number of rotatable bonds is 8. The van der Waals surface area contributed by atoms with Crippen molar-refractivity contribution < 1.29 is 8.95 Å². The molecule has 2 rings (SSSR count). The first kappa shape index (κ1) is 21.9. The highest BCUT2D eigenvalue weighted by atomic mass is 32.2. The SMILES string of the molecule is CCS(=O)C1CCCC(NC(=NC)NCc2ccc(COC(C)C)cc2)C1. The molecule has 6 heteroatoms. The maximum Gasteiger partial charge on any atom is 0.191 e. The first-order valence-electron chi connectivity index (χ1n) is 10.1. The van der Waals surface area contributed by atoms with Crippen LogP contribution in [0.2, 0.25) is 0 Å².